The molecule has 5 heteroatoms. The number of fused-ring (bicyclic) bond motifs is 1. The Labute approximate surface area is 166 Å². The zero-order valence-corrected chi connectivity index (χ0v) is 16.8. The van der Waals surface area contributed by atoms with Gasteiger partial charge >= 0.3 is 0 Å². The van der Waals surface area contributed by atoms with Gasteiger partial charge in [-0.3, -0.25) is 9.59 Å². The predicted octanol–water partition coefficient (Wildman–Crippen LogP) is 4.26. The molecule has 28 heavy (non-hydrogen) atoms. The molecule has 1 aliphatic heterocycles. The van der Waals surface area contributed by atoms with Gasteiger partial charge < -0.3 is 15.0 Å². The molecule has 0 unspecified atom stereocenters. The summed E-state index contributed by atoms with van der Waals surface area (Å²) in [6, 6.07) is 13.5. The van der Waals surface area contributed by atoms with Crippen LogP contribution in [0, 0.1) is 6.92 Å². The van der Waals surface area contributed by atoms with Crippen LogP contribution in [0.2, 0.25) is 0 Å². The molecule has 2 aromatic carbocycles. The number of rotatable bonds is 6. The van der Waals surface area contributed by atoms with Crippen molar-refractivity contribution in [3.63, 3.8) is 0 Å². The topological polar surface area (TPSA) is 58.6 Å². The van der Waals surface area contributed by atoms with Crippen LogP contribution in [0.4, 0.5) is 5.69 Å². The molecule has 2 aromatic rings. The van der Waals surface area contributed by atoms with Crippen LogP contribution < -0.4 is 10.1 Å². The summed E-state index contributed by atoms with van der Waals surface area (Å²) >= 11 is 0. The SMILES string of the molecule is CCCOc1ccc(NC(=O)C[C@@H]2c3ccccc3CCN2C(C)=O)c(C)c1. The largest absolute Gasteiger partial charge is 0.494 e. The van der Waals surface area contributed by atoms with Crippen molar-refractivity contribution in [1.82, 2.24) is 4.90 Å². The molecule has 0 fully saturated rings. The van der Waals surface area contributed by atoms with Crippen LogP contribution in [0.15, 0.2) is 42.5 Å². The number of ether oxygens (including phenoxy) is 1. The highest BCUT2D eigenvalue weighted by Gasteiger charge is 2.30. The summed E-state index contributed by atoms with van der Waals surface area (Å²) in [6.45, 7) is 6.90. The number of hydrogen-bond donors (Lipinski definition) is 1. The fraction of sp³-hybridized carbons (Fsp3) is 0.391. The molecule has 5 nitrogen and oxygen atoms in total. The Bertz CT molecular complexity index is 863. The Kier molecular flexibility index (Phi) is 6.34. The van der Waals surface area contributed by atoms with Crippen molar-refractivity contribution in [2.45, 2.75) is 46.1 Å². The molecular formula is C23H28N2O3. The number of nitrogens with zero attached hydrogens (tertiary/aromatic N) is 1. The fourth-order valence-corrected chi connectivity index (χ4v) is 3.71. The van der Waals surface area contributed by atoms with Crippen molar-refractivity contribution in [2.24, 2.45) is 0 Å². The van der Waals surface area contributed by atoms with Gasteiger partial charge in [0.25, 0.3) is 0 Å². The van der Waals surface area contributed by atoms with Crippen molar-refractivity contribution < 1.29 is 14.3 Å². The highest BCUT2D eigenvalue weighted by Crippen LogP contribution is 2.33. The second-order valence-corrected chi connectivity index (χ2v) is 7.25. The average Bonchev–Trinajstić information content (AvgIpc) is 2.68. The first-order valence-corrected chi connectivity index (χ1v) is 9.88. The molecule has 0 aromatic heterocycles. The summed E-state index contributed by atoms with van der Waals surface area (Å²) in [4.78, 5) is 26.7. The van der Waals surface area contributed by atoms with E-state index in [1.807, 2.05) is 43.3 Å². The van der Waals surface area contributed by atoms with Crippen LogP contribution in [0.1, 0.15) is 49.4 Å². The number of hydrogen-bond acceptors (Lipinski definition) is 3. The summed E-state index contributed by atoms with van der Waals surface area (Å²) in [6.07, 6.45) is 2.02. The van der Waals surface area contributed by atoms with E-state index in [9.17, 15) is 9.59 Å². The number of amides is 2. The molecule has 0 saturated carbocycles. The van der Waals surface area contributed by atoms with E-state index in [1.54, 1.807) is 11.8 Å². The number of nitrogens with one attached hydrogen (secondary N) is 1. The van der Waals surface area contributed by atoms with Gasteiger partial charge in [-0.2, -0.15) is 0 Å². The third kappa shape index (κ3) is 4.53. The van der Waals surface area contributed by atoms with Gasteiger partial charge in [0.05, 0.1) is 19.1 Å². The highest BCUT2D eigenvalue weighted by atomic mass is 16.5. The average molecular weight is 380 g/mol. The third-order valence-corrected chi connectivity index (χ3v) is 5.14. The molecule has 2 amide bonds. The first-order valence-electron chi connectivity index (χ1n) is 9.88. The van der Waals surface area contributed by atoms with E-state index in [-0.39, 0.29) is 24.3 Å². The summed E-state index contributed by atoms with van der Waals surface area (Å²) in [5.74, 6) is 0.709. The lowest BCUT2D eigenvalue weighted by molar-refractivity contribution is -0.132. The number of anilines is 1. The maximum absolute atomic E-state index is 12.8. The maximum Gasteiger partial charge on any atom is 0.226 e. The molecular weight excluding hydrogens is 352 g/mol. The molecule has 0 saturated heterocycles. The van der Waals surface area contributed by atoms with Crippen LogP contribution in [0.5, 0.6) is 5.75 Å². The Morgan fingerprint density at radius 2 is 2.00 bits per heavy atom. The summed E-state index contributed by atoms with van der Waals surface area (Å²) < 4.78 is 5.64. The smallest absolute Gasteiger partial charge is 0.226 e. The van der Waals surface area contributed by atoms with E-state index < -0.39 is 0 Å². The zero-order valence-electron chi connectivity index (χ0n) is 16.8. The fourth-order valence-electron chi connectivity index (χ4n) is 3.71. The maximum atomic E-state index is 12.8. The van der Waals surface area contributed by atoms with E-state index in [4.69, 9.17) is 4.74 Å². The molecule has 0 radical (unpaired) electrons. The Balaban J connectivity index is 1.74. The van der Waals surface area contributed by atoms with Crippen molar-refractivity contribution >= 4 is 17.5 Å². The molecule has 1 heterocycles. The van der Waals surface area contributed by atoms with Gasteiger partial charge in [0.15, 0.2) is 0 Å². The van der Waals surface area contributed by atoms with Gasteiger partial charge in [-0.15, -0.1) is 0 Å². The van der Waals surface area contributed by atoms with Gasteiger partial charge in [0, 0.05) is 19.2 Å². The van der Waals surface area contributed by atoms with Gasteiger partial charge in [-0.05, 0) is 54.7 Å². The lowest BCUT2D eigenvalue weighted by Gasteiger charge is -2.36. The summed E-state index contributed by atoms with van der Waals surface area (Å²) in [5, 5.41) is 3.00. The molecule has 148 valence electrons. The monoisotopic (exact) mass is 380 g/mol. The van der Waals surface area contributed by atoms with Gasteiger partial charge in [0.1, 0.15) is 5.75 Å². The van der Waals surface area contributed by atoms with Crippen molar-refractivity contribution in [3.8, 4) is 5.75 Å². The van der Waals surface area contributed by atoms with E-state index in [2.05, 4.69) is 18.3 Å². The van der Waals surface area contributed by atoms with Crippen LogP contribution in [-0.4, -0.2) is 29.9 Å². The second kappa shape index (κ2) is 8.91. The minimum absolute atomic E-state index is 0.000842. The molecule has 3 rings (SSSR count). The van der Waals surface area contributed by atoms with Crippen molar-refractivity contribution in [1.29, 1.82) is 0 Å². The van der Waals surface area contributed by atoms with E-state index >= 15 is 0 Å². The number of carbonyl (C=O) groups excluding carboxylic acids is 2. The highest BCUT2D eigenvalue weighted by molar-refractivity contribution is 5.92. The third-order valence-electron chi connectivity index (χ3n) is 5.14. The number of carbonyl (C=O) groups is 2. The van der Waals surface area contributed by atoms with Crippen LogP contribution in [0.25, 0.3) is 0 Å². The van der Waals surface area contributed by atoms with Crippen LogP contribution in [-0.2, 0) is 16.0 Å². The van der Waals surface area contributed by atoms with E-state index in [1.165, 1.54) is 5.56 Å². The van der Waals surface area contributed by atoms with Crippen molar-refractivity contribution in [2.75, 3.05) is 18.5 Å². The minimum atomic E-state index is -0.227. The van der Waals surface area contributed by atoms with Crippen LogP contribution >= 0.6 is 0 Å². The normalized spacial score (nSPS) is 15.7. The minimum Gasteiger partial charge on any atom is -0.494 e. The van der Waals surface area contributed by atoms with Gasteiger partial charge in [0.2, 0.25) is 11.8 Å². The molecule has 1 atom stereocenters. The second-order valence-electron chi connectivity index (χ2n) is 7.25. The van der Waals surface area contributed by atoms with Crippen LogP contribution in [0.3, 0.4) is 0 Å². The van der Waals surface area contributed by atoms with Gasteiger partial charge in [-0.1, -0.05) is 31.2 Å². The standard InChI is InChI=1S/C23H28N2O3/c1-4-13-28-19-9-10-21(16(2)14-19)24-23(27)15-22-20-8-6-5-7-18(20)11-12-25(22)17(3)26/h5-10,14,22H,4,11-13,15H2,1-3H3,(H,24,27)/t22-/m1/s1. The van der Waals surface area contributed by atoms with E-state index in [0.717, 1.165) is 35.4 Å². The first kappa shape index (κ1) is 19.9. The Hall–Kier alpha value is -2.82. The number of benzene rings is 2. The quantitative estimate of drug-likeness (QED) is 0.815. The zero-order chi connectivity index (χ0) is 20.1. The molecule has 1 aliphatic rings. The first-order chi connectivity index (χ1) is 13.5. The summed E-state index contributed by atoms with van der Waals surface area (Å²) in [7, 11) is 0. The molecule has 0 spiro atoms. The van der Waals surface area contributed by atoms with E-state index in [0.29, 0.717) is 13.2 Å². The van der Waals surface area contributed by atoms with Gasteiger partial charge in [-0.25, -0.2) is 0 Å². The molecule has 0 aliphatic carbocycles. The van der Waals surface area contributed by atoms with Crippen molar-refractivity contribution in [3.05, 3.63) is 59.2 Å². The lowest BCUT2D eigenvalue weighted by atomic mass is 9.90. The number of aryl methyl sites for hydroxylation is 1. The summed E-state index contributed by atoms with van der Waals surface area (Å²) in [5.41, 5.74) is 4.01. The molecule has 0 bridgehead atoms. The molecule has 1 N–H and O–H groups in total. The Morgan fingerprint density at radius 3 is 2.71 bits per heavy atom. The predicted molar refractivity (Wildman–Crippen MR) is 110 cm³/mol. The Morgan fingerprint density at radius 1 is 1.21 bits per heavy atom. The lowest BCUT2D eigenvalue weighted by Crippen LogP contribution is -2.40.